The number of hydrogen-bond acceptors (Lipinski definition) is 5. The lowest BCUT2D eigenvalue weighted by molar-refractivity contribution is 0.174. The maximum Gasteiger partial charge on any atom is 0.231 e. The Morgan fingerprint density at radius 1 is 1.12 bits per heavy atom. The lowest BCUT2D eigenvalue weighted by Crippen LogP contribution is -2.19. The van der Waals surface area contributed by atoms with E-state index in [9.17, 15) is 5.26 Å². The van der Waals surface area contributed by atoms with Gasteiger partial charge in [0.25, 0.3) is 0 Å². The number of fused-ring (bicyclic) bond motifs is 2. The third-order valence-electron chi connectivity index (χ3n) is 4.11. The topological polar surface area (TPSA) is 77.5 Å². The van der Waals surface area contributed by atoms with E-state index in [0.717, 1.165) is 15.6 Å². The average Bonchev–Trinajstić information content (AvgIpc) is 3.06. The zero-order chi connectivity index (χ0) is 17.4. The van der Waals surface area contributed by atoms with Gasteiger partial charge < -0.3 is 19.9 Å². The van der Waals surface area contributed by atoms with E-state index in [4.69, 9.17) is 19.9 Å². The number of rotatable bonds is 2. The summed E-state index contributed by atoms with van der Waals surface area (Å²) in [6.45, 7) is 0.172. The van der Waals surface area contributed by atoms with Crippen molar-refractivity contribution in [2.75, 3.05) is 6.79 Å². The van der Waals surface area contributed by atoms with Gasteiger partial charge in [-0.15, -0.1) is 0 Å². The highest BCUT2D eigenvalue weighted by atomic mass is 79.9. The summed E-state index contributed by atoms with van der Waals surface area (Å²) >= 11 is 3.42. The second-order valence-corrected chi connectivity index (χ2v) is 6.54. The molecule has 0 unspecified atom stereocenters. The highest BCUT2D eigenvalue weighted by Gasteiger charge is 2.30. The molecule has 0 spiro atoms. The van der Waals surface area contributed by atoms with Gasteiger partial charge in [0.2, 0.25) is 12.7 Å². The molecule has 2 aromatic rings. The molecule has 0 saturated carbocycles. The van der Waals surface area contributed by atoms with Gasteiger partial charge in [-0.2, -0.15) is 5.26 Å². The van der Waals surface area contributed by atoms with Crippen molar-refractivity contribution < 1.29 is 14.2 Å². The lowest BCUT2D eigenvalue weighted by Gasteiger charge is -2.24. The molecule has 2 heterocycles. The lowest BCUT2D eigenvalue weighted by atomic mass is 9.88. The molecule has 0 bridgehead atoms. The maximum atomic E-state index is 9.52. The summed E-state index contributed by atoms with van der Waals surface area (Å²) in [5.41, 5.74) is 8.17. The normalized spacial score (nSPS) is 18.0. The molecule has 0 aliphatic carbocycles. The molecule has 0 amide bonds. The van der Waals surface area contributed by atoms with Crippen molar-refractivity contribution in [2.45, 2.75) is 5.92 Å². The Kier molecular flexibility index (Phi) is 3.86. The molecular weight excluding hydrogens is 384 g/mol. The summed E-state index contributed by atoms with van der Waals surface area (Å²) in [6, 6.07) is 13.6. The van der Waals surface area contributed by atoms with E-state index in [1.807, 2.05) is 42.5 Å². The molecule has 5 nitrogen and oxygen atoms in total. The van der Waals surface area contributed by atoms with Gasteiger partial charge in [-0.05, 0) is 23.8 Å². The van der Waals surface area contributed by atoms with Gasteiger partial charge in [0.05, 0.1) is 0 Å². The van der Waals surface area contributed by atoms with Crippen LogP contribution in [0.2, 0.25) is 0 Å². The fraction of sp³-hybridized carbons (Fsp3) is 0.105. The number of hydrogen-bond donors (Lipinski definition) is 1. The zero-order valence-electron chi connectivity index (χ0n) is 13.0. The van der Waals surface area contributed by atoms with Gasteiger partial charge in [-0.1, -0.05) is 40.2 Å². The van der Waals surface area contributed by atoms with E-state index < -0.39 is 0 Å². The van der Waals surface area contributed by atoms with Gasteiger partial charge >= 0.3 is 0 Å². The van der Waals surface area contributed by atoms with Crippen molar-refractivity contribution in [3.63, 3.8) is 0 Å². The molecule has 2 aromatic carbocycles. The largest absolute Gasteiger partial charge is 0.454 e. The number of nitriles is 1. The predicted octanol–water partition coefficient (Wildman–Crippen LogP) is 4.06. The molecule has 2 aliphatic rings. The molecular formula is C19H13BrN2O3. The molecule has 25 heavy (non-hydrogen) atoms. The van der Waals surface area contributed by atoms with Gasteiger partial charge in [0.15, 0.2) is 11.5 Å². The molecule has 2 N–H and O–H groups in total. The Labute approximate surface area is 153 Å². The number of ether oxygens (including phenoxy) is 3. The van der Waals surface area contributed by atoms with Crippen LogP contribution in [0.1, 0.15) is 17.0 Å². The third-order valence-corrected chi connectivity index (χ3v) is 4.64. The molecule has 6 heteroatoms. The highest BCUT2D eigenvalue weighted by Crippen LogP contribution is 2.46. The second kappa shape index (κ2) is 6.19. The van der Waals surface area contributed by atoms with E-state index in [0.29, 0.717) is 22.8 Å². The molecule has 0 fully saturated rings. The summed E-state index contributed by atoms with van der Waals surface area (Å²) in [7, 11) is 0. The monoisotopic (exact) mass is 396 g/mol. The average molecular weight is 397 g/mol. The predicted molar refractivity (Wildman–Crippen MR) is 95.9 cm³/mol. The summed E-state index contributed by atoms with van der Waals surface area (Å²) in [5, 5.41) is 9.52. The Hall–Kier alpha value is -2.91. The van der Waals surface area contributed by atoms with Gasteiger partial charge in [-0.3, -0.25) is 0 Å². The van der Waals surface area contributed by atoms with Crippen LogP contribution in [0, 0.1) is 11.3 Å². The van der Waals surface area contributed by atoms with Gasteiger partial charge in [-0.25, -0.2) is 0 Å². The third kappa shape index (κ3) is 2.83. The van der Waals surface area contributed by atoms with E-state index in [1.54, 1.807) is 6.07 Å². The Balaban J connectivity index is 1.77. The van der Waals surface area contributed by atoms with Crippen LogP contribution in [0.3, 0.4) is 0 Å². The van der Waals surface area contributed by atoms with E-state index in [1.165, 1.54) is 0 Å². The van der Waals surface area contributed by atoms with Crippen molar-refractivity contribution >= 4 is 22.0 Å². The number of halogens is 1. The first-order valence-electron chi connectivity index (χ1n) is 7.60. The van der Waals surface area contributed by atoms with E-state index >= 15 is 0 Å². The van der Waals surface area contributed by atoms with Crippen molar-refractivity contribution in [3.05, 3.63) is 69.5 Å². The van der Waals surface area contributed by atoms with Crippen LogP contribution in [-0.4, -0.2) is 6.79 Å². The highest BCUT2D eigenvalue weighted by molar-refractivity contribution is 9.10. The molecule has 124 valence electrons. The fourth-order valence-electron chi connectivity index (χ4n) is 2.86. The number of benzene rings is 2. The molecule has 2 aliphatic heterocycles. The van der Waals surface area contributed by atoms with Crippen LogP contribution >= 0.6 is 15.9 Å². The summed E-state index contributed by atoms with van der Waals surface area (Å²) < 4.78 is 17.5. The standard InChI is InChI=1S/C19H13BrN2O3/c20-12-4-1-11(2-5-12)3-6-13-14-7-17-18(24-10-23-17)8-16(14)25-19(22)15(13)9-21/h1-8,13H,10,22H2/b6-3+/t13-/m0/s1. The minimum absolute atomic E-state index is 0.110. The molecule has 0 radical (unpaired) electrons. The van der Waals surface area contributed by atoms with E-state index in [-0.39, 0.29) is 18.6 Å². The second-order valence-electron chi connectivity index (χ2n) is 5.62. The minimum atomic E-state index is -0.313. The first-order valence-corrected chi connectivity index (χ1v) is 8.40. The minimum Gasteiger partial charge on any atom is -0.454 e. The zero-order valence-corrected chi connectivity index (χ0v) is 14.6. The molecule has 4 rings (SSSR count). The van der Waals surface area contributed by atoms with Crippen molar-refractivity contribution in [1.82, 2.24) is 0 Å². The smallest absolute Gasteiger partial charge is 0.231 e. The number of allylic oxidation sites excluding steroid dienone is 2. The van der Waals surface area contributed by atoms with Crippen molar-refractivity contribution in [3.8, 4) is 23.3 Å². The SMILES string of the molecule is N#CC1=C(N)Oc2cc3c(cc2[C@@H]1/C=C/c1ccc(Br)cc1)OCO3. The van der Waals surface area contributed by atoms with Crippen LogP contribution in [0.5, 0.6) is 17.2 Å². The van der Waals surface area contributed by atoms with Gasteiger partial charge in [0, 0.05) is 22.0 Å². The summed E-state index contributed by atoms with van der Waals surface area (Å²) in [4.78, 5) is 0. The molecule has 0 aromatic heterocycles. The van der Waals surface area contributed by atoms with Crippen molar-refractivity contribution in [1.29, 1.82) is 5.26 Å². The number of nitrogens with two attached hydrogens (primary N) is 1. The Morgan fingerprint density at radius 3 is 2.56 bits per heavy atom. The molecule has 0 saturated heterocycles. The first-order chi connectivity index (χ1) is 12.2. The summed E-state index contributed by atoms with van der Waals surface area (Å²) in [6.07, 6.45) is 3.90. The van der Waals surface area contributed by atoms with Crippen molar-refractivity contribution in [2.24, 2.45) is 5.73 Å². The summed E-state index contributed by atoms with van der Waals surface area (Å²) in [5.74, 6) is 1.63. The first kappa shape index (κ1) is 15.6. The van der Waals surface area contributed by atoms with Crippen LogP contribution in [0.25, 0.3) is 6.08 Å². The van der Waals surface area contributed by atoms with Crippen LogP contribution in [0.4, 0.5) is 0 Å². The Bertz CT molecular complexity index is 942. The maximum absolute atomic E-state index is 9.52. The van der Waals surface area contributed by atoms with E-state index in [2.05, 4.69) is 22.0 Å². The van der Waals surface area contributed by atoms with Gasteiger partial charge in [0.1, 0.15) is 17.4 Å². The fourth-order valence-corrected chi connectivity index (χ4v) is 3.12. The van der Waals surface area contributed by atoms with Crippen LogP contribution < -0.4 is 19.9 Å². The quantitative estimate of drug-likeness (QED) is 0.827. The van der Waals surface area contributed by atoms with Crippen LogP contribution in [0.15, 0.2) is 58.4 Å². The Morgan fingerprint density at radius 2 is 1.84 bits per heavy atom. The van der Waals surface area contributed by atoms with Crippen LogP contribution in [-0.2, 0) is 0 Å². The number of nitrogens with zero attached hydrogens (tertiary/aromatic N) is 1. The molecule has 1 atom stereocenters.